The van der Waals surface area contributed by atoms with E-state index in [-0.39, 0.29) is 0 Å². The van der Waals surface area contributed by atoms with Crippen molar-refractivity contribution < 1.29 is 0 Å². The van der Waals surface area contributed by atoms with Gasteiger partial charge in [-0.25, -0.2) is 0 Å². The lowest BCUT2D eigenvalue weighted by Crippen LogP contribution is -2.53. The number of thioether (sulfide) groups is 6. The Labute approximate surface area is 356 Å². The second-order valence-corrected chi connectivity index (χ2v) is 30.0. The Hall–Kier alpha value is 3.54. The van der Waals surface area contributed by atoms with Crippen LogP contribution in [0.2, 0.25) is 0 Å². The Morgan fingerprint density at radius 2 is 0.449 bits per heavy atom. The maximum absolute atomic E-state index is 3.62. The lowest BCUT2D eigenvalue weighted by Gasteiger charge is -2.67. The summed E-state index contributed by atoms with van der Waals surface area (Å²) in [7, 11) is 0. The lowest BCUT2D eigenvalue weighted by molar-refractivity contribution is 0.568. The average molecular weight is 986 g/mol. The smallest absolute Gasteiger partial charge is 0.104 e. The highest BCUT2D eigenvalue weighted by Gasteiger charge is 2.71. The minimum Gasteiger partial charge on any atom is -0.104 e. The van der Waals surface area contributed by atoms with Gasteiger partial charge in [-0.15, -0.1) is 70.6 Å². The van der Waals surface area contributed by atoms with Crippen LogP contribution in [-0.2, 0) is 0 Å². The number of hydrogen-bond donors (Lipinski definition) is 0. The first-order valence-electron chi connectivity index (χ1n) is 20.9. The van der Waals surface area contributed by atoms with Crippen LogP contribution in [0.1, 0.15) is 212 Å². The van der Waals surface area contributed by atoms with Gasteiger partial charge in [-0.3, -0.25) is 0 Å². The van der Waals surface area contributed by atoms with Crippen LogP contribution in [0, 0.1) is 0 Å². The summed E-state index contributed by atoms with van der Waals surface area (Å²) in [6.45, 7) is 2.35. The highest BCUT2D eigenvalue weighted by atomic mass is 79.9. The van der Waals surface area contributed by atoms with Gasteiger partial charge in [0.15, 0.2) is 0 Å². The fourth-order valence-corrected chi connectivity index (χ4v) is 30.6. The molecule has 0 atom stereocenters. The third kappa shape index (κ3) is 18.6. The Bertz CT molecular complexity index is 723. The molecule has 0 nitrogen and oxygen atoms in total. The molecule has 0 radical (unpaired) electrons. The number of halogens is 3. The molecular weight excluding hydrogens is 913 g/mol. The molecule has 0 amide bonds. The van der Waals surface area contributed by atoms with E-state index in [0.717, 1.165) is 0 Å². The maximum Gasteiger partial charge on any atom is 0.113 e. The summed E-state index contributed by atoms with van der Waals surface area (Å²) < 4.78 is 1.52. The van der Waals surface area contributed by atoms with Crippen molar-refractivity contribution in [1.29, 1.82) is 0 Å². The van der Waals surface area contributed by atoms with Gasteiger partial charge in [0, 0.05) is 16.0 Å². The molecule has 0 aromatic carbocycles. The van der Waals surface area contributed by atoms with Gasteiger partial charge in [0.05, 0.1) is 0 Å². The Morgan fingerprint density at radius 1 is 0.265 bits per heavy atom. The number of unbranched alkanes of at least 4 members (excludes halogenated alkanes) is 24. The van der Waals surface area contributed by atoms with Crippen LogP contribution in [0.5, 0.6) is 0 Å². The summed E-state index contributed by atoms with van der Waals surface area (Å²) >= 11 is 25.7. The van der Waals surface area contributed by atoms with E-state index in [2.05, 4.69) is 125 Å². The maximum atomic E-state index is 3.62. The van der Waals surface area contributed by atoms with Gasteiger partial charge in [-0.05, 0) is 44.9 Å². The molecule has 0 aromatic rings. The van der Waals surface area contributed by atoms with E-state index >= 15 is 0 Å². The SMILES string of the molecule is CCCCCCCCCC12SC3(CCCCCCCCCBr)SC(CCCCCCCCCBr)(S1)SC(CCCCCCCCCBr)(S2)S3. The lowest BCUT2D eigenvalue weighted by atomic mass is 10.1. The standard InChI is InChI=1S/C40H73Br3S6/c1-2-3-4-5-9-16-23-30-37-44-38(31-24-17-10-6-13-20-27-34-41)47-39(45-37,32-25-18-11-7-14-21-28-35-42)49-40(46-37,48-38)33-26-19-12-8-15-22-29-36-43/h2-36H2,1H3. The van der Waals surface area contributed by atoms with E-state index in [1.807, 2.05) is 0 Å². The van der Waals surface area contributed by atoms with Crippen LogP contribution in [0.15, 0.2) is 0 Å². The normalized spacial score (nSPS) is 27.4. The molecule has 0 spiro atoms. The van der Waals surface area contributed by atoms with Gasteiger partial charge in [0.1, 0.15) is 13.6 Å². The minimum absolute atomic E-state index is 0.379. The van der Waals surface area contributed by atoms with Crippen molar-refractivity contribution in [3.63, 3.8) is 0 Å². The van der Waals surface area contributed by atoms with E-state index in [1.165, 1.54) is 221 Å². The van der Waals surface area contributed by atoms with Crippen LogP contribution < -0.4 is 0 Å². The topological polar surface area (TPSA) is 0 Å². The van der Waals surface area contributed by atoms with E-state index < -0.39 is 0 Å². The summed E-state index contributed by atoms with van der Waals surface area (Å²) in [6, 6.07) is 0. The molecule has 49 heavy (non-hydrogen) atoms. The van der Waals surface area contributed by atoms with Gasteiger partial charge in [-0.2, -0.15) is 0 Å². The Balaban J connectivity index is 1.67. The van der Waals surface area contributed by atoms with Crippen LogP contribution >= 0.6 is 118 Å². The second kappa shape index (κ2) is 28.0. The third-order valence-corrected chi connectivity index (χ3v) is 24.2. The molecule has 4 aliphatic heterocycles. The van der Waals surface area contributed by atoms with Crippen molar-refractivity contribution in [2.75, 3.05) is 16.0 Å². The molecule has 4 bridgehead atoms. The van der Waals surface area contributed by atoms with Crippen molar-refractivity contribution in [1.82, 2.24) is 0 Å². The molecule has 4 aliphatic rings. The molecule has 0 N–H and O–H groups in total. The zero-order valence-electron chi connectivity index (χ0n) is 31.3. The highest BCUT2D eigenvalue weighted by molar-refractivity contribution is 9.09. The summed E-state index contributed by atoms with van der Waals surface area (Å²) in [5, 5.41) is 3.52. The molecule has 0 unspecified atom stereocenters. The third-order valence-electron chi connectivity index (χ3n) is 10.3. The quantitative estimate of drug-likeness (QED) is 0.0455. The van der Waals surface area contributed by atoms with Gasteiger partial charge in [0.2, 0.25) is 0 Å². The van der Waals surface area contributed by atoms with E-state index in [0.29, 0.717) is 13.6 Å². The fraction of sp³-hybridized carbons (Fsp3) is 1.00. The van der Waals surface area contributed by atoms with Gasteiger partial charge in [-0.1, -0.05) is 215 Å². The molecular formula is C40H73Br3S6. The van der Waals surface area contributed by atoms with E-state index in [1.54, 1.807) is 0 Å². The molecule has 4 rings (SSSR count). The van der Waals surface area contributed by atoms with Crippen molar-refractivity contribution >= 4 is 118 Å². The van der Waals surface area contributed by atoms with Gasteiger partial charge < -0.3 is 0 Å². The summed E-state index contributed by atoms with van der Waals surface area (Å²) in [6.07, 6.45) is 45.6. The first-order chi connectivity index (χ1) is 24.0. The molecule has 0 saturated carbocycles. The second-order valence-electron chi connectivity index (χ2n) is 15.0. The van der Waals surface area contributed by atoms with Crippen LogP contribution in [0.25, 0.3) is 0 Å². The van der Waals surface area contributed by atoms with Crippen molar-refractivity contribution in [2.45, 2.75) is 226 Å². The molecule has 0 aliphatic carbocycles. The first-order valence-corrected chi connectivity index (χ1v) is 29.1. The highest BCUT2D eigenvalue weighted by Crippen LogP contribution is 2.91. The van der Waals surface area contributed by atoms with Crippen molar-refractivity contribution in [3.05, 3.63) is 0 Å². The zero-order valence-corrected chi connectivity index (χ0v) is 41.0. The zero-order chi connectivity index (χ0) is 35.0. The van der Waals surface area contributed by atoms with Gasteiger partial charge in [0.25, 0.3) is 0 Å². The number of rotatable bonds is 35. The molecule has 4 saturated heterocycles. The Kier molecular flexibility index (Phi) is 26.8. The van der Waals surface area contributed by atoms with E-state index in [9.17, 15) is 0 Å². The predicted molar refractivity (Wildman–Crippen MR) is 251 cm³/mol. The Morgan fingerprint density at radius 3 is 0.653 bits per heavy atom. The largest absolute Gasteiger partial charge is 0.113 e. The first kappa shape index (κ1) is 46.9. The molecule has 4 heterocycles. The molecule has 0 aromatic heterocycles. The predicted octanol–water partition coefficient (Wildman–Crippen LogP) is 18.7. The molecule has 4 fully saturated rings. The summed E-state index contributed by atoms with van der Waals surface area (Å²) in [5.74, 6) is 0. The summed E-state index contributed by atoms with van der Waals surface area (Å²) in [4.78, 5) is 0. The number of hydrogen-bond acceptors (Lipinski definition) is 6. The summed E-state index contributed by atoms with van der Waals surface area (Å²) in [5.41, 5.74) is 0. The molecule has 290 valence electrons. The van der Waals surface area contributed by atoms with E-state index in [4.69, 9.17) is 0 Å². The average Bonchev–Trinajstić information content (AvgIpc) is 3.07. The van der Waals surface area contributed by atoms with Gasteiger partial charge >= 0.3 is 0 Å². The van der Waals surface area contributed by atoms with Crippen molar-refractivity contribution in [2.24, 2.45) is 0 Å². The molecule has 9 heteroatoms. The van der Waals surface area contributed by atoms with Crippen LogP contribution in [0.4, 0.5) is 0 Å². The van der Waals surface area contributed by atoms with Crippen LogP contribution in [-0.4, -0.2) is 29.6 Å². The minimum atomic E-state index is 0.379. The van der Waals surface area contributed by atoms with Crippen LogP contribution in [0.3, 0.4) is 0 Å². The monoisotopic (exact) mass is 982 g/mol. The number of alkyl halides is 3. The fourth-order valence-electron chi connectivity index (χ4n) is 7.54. The van der Waals surface area contributed by atoms with Crippen molar-refractivity contribution in [3.8, 4) is 0 Å².